The van der Waals surface area contributed by atoms with Crippen LogP contribution >= 0.6 is 0 Å². The van der Waals surface area contributed by atoms with Gasteiger partial charge < -0.3 is 14.4 Å². The van der Waals surface area contributed by atoms with Crippen molar-refractivity contribution in [2.45, 2.75) is 6.92 Å². The lowest BCUT2D eigenvalue weighted by Crippen LogP contribution is -2.04. The summed E-state index contributed by atoms with van der Waals surface area (Å²) >= 11 is 0. The van der Waals surface area contributed by atoms with Crippen LogP contribution in [0.5, 0.6) is 0 Å². The molecule has 0 N–H and O–H groups in total. The van der Waals surface area contributed by atoms with Gasteiger partial charge in [0.2, 0.25) is 5.69 Å². The molecule has 5 nitrogen and oxygen atoms in total. The fraction of sp³-hybridized carbons (Fsp3) is 0.125. The summed E-state index contributed by atoms with van der Waals surface area (Å²) in [5.74, 6) is 0.264. The lowest BCUT2D eigenvalue weighted by atomic mass is 10.2. The lowest BCUT2D eigenvalue weighted by Gasteiger charge is -2.03. The van der Waals surface area contributed by atoms with E-state index in [2.05, 4.69) is 0 Å². The lowest BCUT2D eigenvalue weighted by molar-refractivity contribution is -0.354. The third-order valence-corrected chi connectivity index (χ3v) is 2.66. The van der Waals surface area contributed by atoms with Crippen LogP contribution in [0.1, 0.15) is 23.0 Å². The van der Waals surface area contributed by atoms with Crippen molar-refractivity contribution in [1.29, 1.82) is 0 Å². The third-order valence-electron chi connectivity index (χ3n) is 2.66. The number of hydrogen-bond donors (Lipinski definition) is 0. The van der Waals surface area contributed by atoms with Gasteiger partial charge in [-0.1, -0.05) is 0 Å². The molecule has 0 saturated heterocycles. The van der Waals surface area contributed by atoms with Gasteiger partial charge in [0.05, 0.1) is 18.4 Å². The first-order valence-corrected chi connectivity index (χ1v) is 6.49. The summed E-state index contributed by atoms with van der Waals surface area (Å²) in [6.45, 7) is 2.06. The van der Waals surface area contributed by atoms with E-state index in [1.54, 1.807) is 61.7 Å². The minimum absolute atomic E-state index is 0.319. The Morgan fingerprint density at radius 3 is 2.71 bits per heavy atom. The van der Waals surface area contributed by atoms with Crippen molar-refractivity contribution in [3.8, 4) is 0 Å². The zero-order valence-electron chi connectivity index (χ0n) is 11.6. The fourth-order valence-corrected chi connectivity index (χ4v) is 1.65. The molecule has 0 bridgehead atoms. The molecule has 0 aliphatic carbocycles. The van der Waals surface area contributed by atoms with Crippen molar-refractivity contribution in [3.05, 3.63) is 65.3 Å². The zero-order chi connectivity index (χ0) is 15.1. The number of furan rings is 1. The molecule has 1 aromatic heterocycles. The molecule has 0 fully saturated rings. The molecule has 108 valence electrons. The molecule has 0 aliphatic rings. The van der Waals surface area contributed by atoms with Crippen LogP contribution < -0.4 is 0 Å². The highest BCUT2D eigenvalue weighted by Crippen LogP contribution is 2.13. The number of nitrogens with zero attached hydrogens (tertiary/aromatic N) is 1. The Labute approximate surface area is 122 Å². The number of hydrogen-bond acceptors (Lipinski definition) is 4. The summed E-state index contributed by atoms with van der Waals surface area (Å²) in [6.07, 6.45) is 6.19. The van der Waals surface area contributed by atoms with Crippen molar-refractivity contribution in [2.75, 3.05) is 6.61 Å². The maximum Gasteiger partial charge on any atom is 0.338 e. The third kappa shape index (κ3) is 4.07. The SMILES string of the molecule is CCOC(=O)c1ccc(/[N+]([O-])=C/C=C/c2ccco2)cc1. The Bertz CT molecular complexity index is 639. The summed E-state index contributed by atoms with van der Waals surface area (Å²) in [5.41, 5.74) is 0.840. The first-order chi connectivity index (χ1) is 10.2. The molecular weight excluding hydrogens is 270 g/mol. The molecule has 1 aromatic carbocycles. The van der Waals surface area contributed by atoms with E-state index in [1.807, 2.05) is 0 Å². The largest absolute Gasteiger partial charge is 0.618 e. The highest BCUT2D eigenvalue weighted by molar-refractivity contribution is 5.89. The van der Waals surface area contributed by atoms with Gasteiger partial charge in [-0.2, -0.15) is 4.74 Å². The quantitative estimate of drug-likeness (QED) is 0.278. The summed E-state index contributed by atoms with van der Waals surface area (Å²) in [7, 11) is 0. The van der Waals surface area contributed by atoms with Crippen LogP contribution in [0.15, 0.2) is 53.2 Å². The highest BCUT2D eigenvalue weighted by Gasteiger charge is 2.07. The van der Waals surface area contributed by atoms with Crippen LogP contribution in [-0.4, -0.2) is 23.5 Å². The van der Waals surface area contributed by atoms with E-state index in [0.717, 1.165) is 0 Å². The number of carbonyl (C=O) groups excluding carboxylic acids is 1. The predicted octanol–water partition coefficient (Wildman–Crippen LogP) is 3.38. The molecule has 0 saturated carbocycles. The number of benzene rings is 1. The van der Waals surface area contributed by atoms with Crippen LogP contribution in [0.2, 0.25) is 0 Å². The molecule has 2 rings (SSSR count). The van der Waals surface area contributed by atoms with E-state index < -0.39 is 5.97 Å². The Kier molecular flexibility index (Phi) is 4.93. The van der Waals surface area contributed by atoms with Gasteiger partial charge in [-0.05, 0) is 37.3 Å². The summed E-state index contributed by atoms with van der Waals surface area (Å²) in [5, 5.41) is 11.8. The minimum atomic E-state index is -0.400. The van der Waals surface area contributed by atoms with E-state index >= 15 is 0 Å². The Hall–Kier alpha value is -2.82. The minimum Gasteiger partial charge on any atom is -0.618 e. The van der Waals surface area contributed by atoms with Crippen molar-refractivity contribution >= 4 is 23.9 Å². The second-order valence-corrected chi connectivity index (χ2v) is 4.12. The second-order valence-electron chi connectivity index (χ2n) is 4.12. The monoisotopic (exact) mass is 285 g/mol. The van der Waals surface area contributed by atoms with Crippen molar-refractivity contribution in [1.82, 2.24) is 0 Å². The van der Waals surface area contributed by atoms with E-state index in [4.69, 9.17) is 9.15 Å². The average molecular weight is 285 g/mol. The summed E-state index contributed by atoms with van der Waals surface area (Å²) < 4.78 is 10.7. The standard InChI is InChI=1S/C16H15NO4/c1-2-20-16(18)13-7-9-14(10-8-13)17(19)11-3-5-15-6-4-12-21-15/h3-12H,2H2,1H3/b5-3+,17-11-. The summed E-state index contributed by atoms with van der Waals surface area (Å²) in [6, 6.07) is 9.80. The molecule has 2 aromatic rings. The van der Waals surface area contributed by atoms with Crippen LogP contribution in [0.4, 0.5) is 5.69 Å². The van der Waals surface area contributed by atoms with E-state index in [0.29, 0.717) is 28.4 Å². The smallest absolute Gasteiger partial charge is 0.338 e. The maximum absolute atomic E-state index is 11.8. The number of rotatable bonds is 5. The number of ether oxygens (including phenoxy) is 1. The highest BCUT2D eigenvalue weighted by atomic mass is 16.5. The number of allylic oxidation sites excluding steroid dienone is 1. The number of carbonyl (C=O) groups is 1. The molecule has 0 amide bonds. The number of esters is 1. The zero-order valence-corrected chi connectivity index (χ0v) is 11.6. The van der Waals surface area contributed by atoms with Crippen LogP contribution in [0.25, 0.3) is 6.08 Å². The molecule has 0 spiro atoms. The molecular formula is C16H15NO4. The normalized spacial score (nSPS) is 11.8. The summed E-state index contributed by atoms with van der Waals surface area (Å²) in [4.78, 5) is 11.5. The first kappa shape index (κ1) is 14.6. The predicted molar refractivity (Wildman–Crippen MR) is 79.5 cm³/mol. The van der Waals surface area contributed by atoms with Gasteiger partial charge >= 0.3 is 5.97 Å². The fourth-order valence-electron chi connectivity index (χ4n) is 1.65. The molecule has 0 radical (unpaired) electrons. The molecule has 5 heteroatoms. The van der Waals surface area contributed by atoms with Gasteiger partial charge in [-0.3, -0.25) is 0 Å². The Balaban J connectivity index is 2.05. The Morgan fingerprint density at radius 2 is 2.10 bits per heavy atom. The van der Waals surface area contributed by atoms with Gasteiger partial charge in [0, 0.05) is 18.2 Å². The van der Waals surface area contributed by atoms with Gasteiger partial charge in [-0.15, -0.1) is 0 Å². The van der Waals surface area contributed by atoms with Gasteiger partial charge in [-0.25, -0.2) is 4.79 Å². The van der Waals surface area contributed by atoms with Crippen molar-refractivity contribution in [3.63, 3.8) is 0 Å². The average Bonchev–Trinajstić information content (AvgIpc) is 3.01. The molecule has 21 heavy (non-hydrogen) atoms. The molecule has 0 unspecified atom stereocenters. The maximum atomic E-state index is 11.8. The second kappa shape index (κ2) is 7.09. The van der Waals surface area contributed by atoms with Crippen molar-refractivity contribution < 1.29 is 18.7 Å². The van der Waals surface area contributed by atoms with Crippen molar-refractivity contribution in [2.24, 2.45) is 0 Å². The van der Waals surface area contributed by atoms with E-state index in [-0.39, 0.29) is 0 Å². The van der Waals surface area contributed by atoms with Gasteiger partial charge in [0.25, 0.3) is 0 Å². The van der Waals surface area contributed by atoms with E-state index in [1.165, 1.54) is 6.21 Å². The van der Waals surface area contributed by atoms with Crippen LogP contribution in [-0.2, 0) is 4.74 Å². The Morgan fingerprint density at radius 1 is 1.33 bits per heavy atom. The molecule has 0 atom stereocenters. The first-order valence-electron chi connectivity index (χ1n) is 6.49. The van der Waals surface area contributed by atoms with Gasteiger partial charge in [0.15, 0.2) is 6.21 Å². The van der Waals surface area contributed by atoms with Crippen LogP contribution in [0.3, 0.4) is 0 Å². The van der Waals surface area contributed by atoms with Gasteiger partial charge in [0.1, 0.15) is 5.76 Å². The van der Waals surface area contributed by atoms with E-state index in [9.17, 15) is 10.0 Å². The molecule has 1 heterocycles. The topological polar surface area (TPSA) is 65.5 Å². The van der Waals surface area contributed by atoms with Crippen LogP contribution in [0, 0.1) is 5.21 Å². The molecule has 0 aliphatic heterocycles.